The number of alkyl halides is 3. The van der Waals surface area contributed by atoms with Crippen molar-refractivity contribution in [1.29, 1.82) is 0 Å². The highest BCUT2D eigenvalue weighted by molar-refractivity contribution is 5.76. The number of benzene rings is 2. The van der Waals surface area contributed by atoms with E-state index in [4.69, 9.17) is 4.74 Å². The molecule has 0 saturated carbocycles. The molecule has 4 aromatic rings. The predicted molar refractivity (Wildman–Crippen MR) is 131 cm³/mol. The van der Waals surface area contributed by atoms with Crippen LogP contribution in [-0.4, -0.2) is 55.6 Å². The quantitative estimate of drug-likeness (QED) is 0.348. The van der Waals surface area contributed by atoms with Crippen LogP contribution in [0.1, 0.15) is 22.8 Å². The van der Waals surface area contributed by atoms with Gasteiger partial charge in [-0.2, -0.15) is 18.3 Å². The van der Waals surface area contributed by atoms with Crippen LogP contribution in [0.3, 0.4) is 0 Å². The van der Waals surface area contributed by atoms with Crippen molar-refractivity contribution in [3.8, 4) is 5.75 Å². The Balaban J connectivity index is 1.30. The van der Waals surface area contributed by atoms with Crippen LogP contribution >= 0.6 is 0 Å². The summed E-state index contributed by atoms with van der Waals surface area (Å²) in [7, 11) is 1.82. The summed E-state index contributed by atoms with van der Waals surface area (Å²) in [5, 5.41) is 15.0. The Hall–Kier alpha value is -3.37. The molecule has 0 aliphatic carbocycles. The smallest absolute Gasteiger partial charge is 0.449 e. The zero-order valence-corrected chi connectivity index (χ0v) is 20.5. The van der Waals surface area contributed by atoms with E-state index in [2.05, 4.69) is 10.1 Å². The number of hydrogen-bond donors (Lipinski definition) is 1. The lowest BCUT2D eigenvalue weighted by atomic mass is 10.2. The molecule has 36 heavy (non-hydrogen) atoms. The van der Waals surface area contributed by atoms with Gasteiger partial charge in [0.05, 0.1) is 35.9 Å². The molecule has 0 spiro atoms. The first-order chi connectivity index (χ1) is 17.1. The molecule has 0 bridgehead atoms. The summed E-state index contributed by atoms with van der Waals surface area (Å²) in [6.45, 7) is 5.64. The average Bonchev–Trinajstić information content (AvgIpc) is 3.34. The molecule has 0 saturated heterocycles. The highest BCUT2D eigenvalue weighted by atomic mass is 19.4. The molecule has 192 valence electrons. The van der Waals surface area contributed by atoms with Crippen LogP contribution in [0.2, 0.25) is 0 Å². The van der Waals surface area contributed by atoms with Crippen molar-refractivity contribution < 1.29 is 23.0 Å². The molecule has 1 atom stereocenters. The van der Waals surface area contributed by atoms with Gasteiger partial charge in [0, 0.05) is 18.8 Å². The first-order valence-corrected chi connectivity index (χ1v) is 11.7. The molecule has 0 amide bonds. The maximum Gasteiger partial charge on any atom is 0.449 e. The number of nitrogens with zero attached hydrogens (tertiary/aromatic N) is 5. The van der Waals surface area contributed by atoms with E-state index in [1.54, 1.807) is 18.2 Å². The number of likely N-dealkylation sites (N-methyl/N-ethyl adjacent to an activating group) is 1. The number of aliphatic hydroxyl groups is 1. The molecule has 10 heteroatoms. The molecule has 2 aromatic carbocycles. The Kier molecular flexibility index (Phi) is 7.65. The van der Waals surface area contributed by atoms with Crippen LogP contribution in [0.5, 0.6) is 5.75 Å². The fraction of sp³-hybridized carbons (Fsp3) is 0.385. The van der Waals surface area contributed by atoms with Gasteiger partial charge in [-0.05, 0) is 56.8 Å². The summed E-state index contributed by atoms with van der Waals surface area (Å²) in [5.41, 5.74) is 3.67. The van der Waals surface area contributed by atoms with E-state index in [-0.39, 0.29) is 18.6 Å². The maximum atomic E-state index is 13.5. The molecule has 1 N–H and O–H groups in total. The molecular formula is C26H30F3N5O2. The van der Waals surface area contributed by atoms with Crippen LogP contribution in [0.25, 0.3) is 11.0 Å². The number of aliphatic hydroxyl groups excluding tert-OH is 1. The third-order valence-corrected chi connectivity index (χ3v) is 5.87. The monoisotopic (exact) mass is 501 g/mol. The van der Waals surface area contributed by atoms with Crippen LogP contribution in [0.4, 0.5) is 13.2 Å². The van der Waals surface area contributed by atoms with Gasteiger partial charge >= 0.3 is 6.18 Å². The lowest BCUT2D eigenvalue weighted by Crippen LogP contribution is -2.32. The van der Waals surface area contributed by atoms with Gasteiger partial charge in [-0.15, -0.1) is 0 Å². The van der Waals surface area contributed by atoms with Gasteiger partial charge in [0.1, 0.15) is 12.4 Å². The fourth-order valence-corrected chi connectivity index (χ4v) is 4.32. The summed E-state index contributed by atoms with van der Waals surface area (Å²) >= 11 is 0. The molecule has 0 radical (unpaired) electrons. The third-order valence-electron chi connectivity index (χ3n) is 5.87. The van der Waals surface area contributed by atoms with E-state index in [0.717, 1.165) is 27.3 Å². The number of hydrogen-bond acceptors (Lipinski definition) is 5. The molecule has 1 unspecified atom stereocenters. The van der Waals surface area contributed by atoms with Crippen LogP contribution in [-0.2, 0) is 25.8 Å². The van der Waals surface area contributed by atoms with Crippen molar-refractivity contribution in [2.75, 3.05) is 20.2 Å². The summed E-state index contributed by atoms with van der Waals surface area (Å²) in [4.78, 5) is 5.60. The number of ether oxygens (including phenoxy) is 1. The molecule has 7 nitrogen and oxygen atoms in total. The van der Waals surface area contributed by atoms with Gasteiger partial charge in [0.25, 0.3) is 0 Å². The Morgan fingerprint density at radius 1 is 1.08 bits per heavy atom. The second-order valence-corrected chi connectivity index (χ2v) is 9.03. The van der Waals surface area contributed by atoms with Crippen LogP contribution < -0.4 is 4.74 Å². The zero-order valence-electron chi connectivity index (χ0n) is 20.5. The second-order valence-electron chi connectivity index (χ2n) is 9.03. The molecule has 4 rings (SSSR count). The minimum absolute atomic E-state index is 0.199. The summed E-state index contributed by atoms with van der Waals surface area (Å²) in [6, 6.07) is 16.1. The van der Waals surface area contributed by atoms with Crippen LogP contribution in [0.15, 0.2) is 54.6 Å². The van der Waals surface area contributed by atoms with E-state index >= 15 is 0 Å². The van der Waals surface area contributed by atoms with Gasteiger partial charge in [-0.1, -0.05) is 24.3 Å². The van der Waals surface area contributed by atoms with Gasteiger partial charge in [0.15, 0.2) is 0 Å². The summed E-state index contributed by atoms with van der Waals surface area (Å²) in [5.74, 6) is -0.256. The SMILES string of the molecule is Cc1cc(C)n(CCOc2ccc(CN(C)CC(O)Cn3c(C(F)(F)F)nc4ccccc43)cc2)n1. The minimum atomic E-state index is -4.61. The van der Waals surface area contributed by atoms with E-state index < -0.39 is 18.1 Å². The van der Waals surface area contributed by atoms with Crippen molar-refractivity contribution in [3.63, 3.8) is 0 Å². The van der Waals surface area contributed by atoms with Crippen molar-refractivity contribution in [2.45, 2.75) is 45.8 Å². The largest absolute Gasteiger partial charge is 0.492 e. The third kappa shape index (κ3) is 6.24. The first-order valence-electron chi connectivity index (χ1n) is 11.7. The predicted octanol–water partition coefficient (Wildman–Crippen LogP) is 4.44. The standard InChI is InChI=1S/C26H30F3N5O2/c1-18-14-19(2)34(31-18)12-13-36-22-10-8-20(9-11-22)15-32(3)16-21(35)17-33-24-7-5-4-6-23(24)30-25(33)26(27,28)29/h4-11,14,21,35H,12-13,15-17H2,1-3H3. The number of aryl methyl sites for hydroxylation is 2. The van der Waals surface area contributed by atoms with Crippen LogP contribution in [0, 0.1) is 13.8 Å². The lowest BCUT2D eigenvalue weighted by molar-refractivity contribution is -0.147. The molecular weight excluding hydrogens is 471 g/mol. The first kappa shape index (κ1) is 25.7. The fourth-order valence-electron chi connectivity index (χ4n) is 4.32. The Morgan fingerprint density at radius 3 is 2.47 bits per heavy atom. The van der Waals surface area contributed by atoms with Crippen molar-refractivity contribution >= 4 is 11.0 Å². The molecule has 2 heterocycles. The van der Waals surface area contributed by atoms with Gasteiger partial charge in [0.2, 0.25) is 5.82 Å². The Morgan fingerprint density at radius 2 is 1.81 bits per heavy atom. The molecule has 0 aliphatic rings. The molecule has 0 fully saturated rings. The van der Waals surface area contributed by atoms with Crippen molar-refractivity contribution in [1.82, 2.24) is 24.2 Å². The van der Waals surface area contributed by atoms with Gasteiger partial charge in [-0.25, -0.2) is 4.98 Å². The highest BCUT2D eigenvalue weighted by Crippen LogP contribution is 2.31. The number of para-hydroxylation sites is 2. The number of halogens is 3. The summed E-state index contributed by atoms with van der Waals surface area (Å²) < 4.78 is 49.3. The highest BCUT2D eigenvalue weighted by Gasteiger charge is 2.38. The maximum absolute atomic E-state index is 13.5. The number of aromatic nitrogens is 4. The number of rotatable bonds is 10. The number of imidazole rings is 1. The average molecular weight is 502 g/mol. The minimum Gasteiger partial charge on any atom is -0.492 e. The zero-order chi connectivity index (χ0) is 25.9. The normalized spacial score (nSPS) is 13.0. The lowest BCUT2D eigenvalue weighted by Gasteiger charge is -2.22. The molecule has 2 aromatic heterocycles. The molecule has 0 aliphatic heterocycles. The van der Waals surface area contributed by atoms with Crippen molar-refractivity contribution in [3.05, 3.63) is 77.4 Å². The Bertz CT molecular complexity index is 1300. The number of fused-ring (bicyclic) bond motifs is 1. The van der Waals surface area contributed by atoms with E-state index in [0.29, 0.717) is 25.2 Å². The van der Waals surface area contributed by atoms with Gasteiger partial charge < -0.3 is 14.4 Å². The van der Waals surface area contributed by atoms with Gasteiger partial charge in [-0.3, -0.25) is 9.58 Å². The van der Waals surface area contributed by atoms with E-state index in [1.165, 1.54) is 6.07 Å². The summed E-state index contributed by atoms with van der Waals surface area (Å²) in [6.07, 6.45) is -5.62. The topological polar surface area (TPSA) is 68.3 Å². The Labute approximate surface area is 207 Å². The second kappa shape index (κ2) is 10.7. The van der Waals surface area contributed by atoms with Crippen molar-refractivity contribution in [2.24, 2.45) is 0 Å². The van der Waals surface area contributed by atoms with E-state index in [1.807, 2.05) is 60.8 Å². The van der Waals surface area contributed by atoms with E-state index in [9.17, 15) is 18.3 Å².